The van der Waals surface area contributed by atoms with E-state index in [2.05, 4.69) is 19.8 Å². The van der Waals surface area contributed by atoms with Crippen LogP contribution in [0, 0.1) is 6.92 Å². The van der Waals surface area contributed by atoms with E-state index in [0.717, 1.165) is 0 Å². The highest BCUT2D eigenvalue weighted by Crippen LogP contribution is 2.42. The van der Waals surface area contributed by atoms with E-state index in [1.165, 1.54) is 66.5 Å². The molecule has 0 bridgehead atoms. The van der Waals surface area contributed by atoms with Crippen LogP contribution in [0.2, 0.25) is 18.1 Å². The van der Waals surface area contributed by atoms with Crippen LogP contribution in [-0.4, -0.2) is 71.0 Å². The summed E-state index contributed by atoms with van der Waals surface area (Å²) in [4.78, 5) is 32.2. The number of aromatic nitrogens is 3. The quantitative estimate of drug-likeness (QED) is 0.186. The molecule has 1 fully saturated rings. The molecule has 1 saturated heterocycles. The predicted molar refractivity (Wildman–Crippen MR) is 185 cm³/mol. The summed E-state index contributed by atoms with van der Waals surface area (Å²) in [5.41, 5.74) is -1.81. The Morgan fingerprint density at radius 1 is 1.14 bits per heavy atom. The smallest absolute Gasteiger partial charge is 0.407 e. The number of amides is 2. The molecule has 0 radical (unpaired) electrons. The average molecular weight is 743 g/mol. The average Bonchev–Trinajstić information content (AvgIpc) is 3.32. The number of halogens is 5. The lowest BCUT2D eigenvalue weighted by atomic mass is 9.95. The summed E-state index contributed by atoms with van der Waals surface area (Å²) in [6, 6.07) is 5.78. The molecule has 1 aromatic carbocycles. The number of carbonyl (C=O) groups excluding carboxylic acids is 2. The molecule has 2 amide bonds. The van der Waals surface area contributed by atoms with Crippen molar-refractivity contribution in [2.45, 2.75) is 82.1 Å². The van der Waals surface area contributed by atoms with Crippen molar-refractivity contribution >= 4 is 41.4 Å². The van der Waals surface area contributed by atoms with Crippen LogP contribution >= 0.6 is 0 Å². The lowest BCUT2D eigenvalue weighted by Gasteiger charge is -2.35. The fourth-order valence-corrected chi connectivity index (χ4v) is 7.45. The van der Waals surface area contributed by atoms with E-state index in [1.807, 2.05) is 33.9 Å². The third kappa shape index (κ3) is 8.95. The van der Waals surface area contributed by atoms with Crippen molar-refractivity contribution in [1.29, 1.82) is 0 Å². The zero-order valence-electron chi connectivity index (χ0n) is 29.4. The van der Waals surface area contributed by atoms with Gasteiger partial charge in [-0.05, 0) is 55.2 Å². The Labute approximate surface area is 290 Å². The Balaban J connectivity index is 1.76. The molecule has 1 atom stereocenters. The highest BCUT2D eigenvalue weighted by molar-refractivity contribution is 7.93. The molecule has 3 heterocycles. The van der Waals surface area contributed by atoms with E-state index in [-0.39, 0.29) is 69.8 Å². The van der Waals surface area contributed by atoms with Crippen LogP contribution in [0.3, 0.4) is 0 Å². The summed E-state index contributed by atoms with van der Waals surface area (Å²) < 4.78 is 97.1. The highest BCUT2D eigenvalue weighted by Gasteiger charge is 2.41. The van der Waals surface area contributed by atoms with E-state index >= 15 is 0 Å². The van der Waals surface area contributed by atoms with E-state index in [9.17, 15) is 35.8 Å². The second-order valence-electron chi connectivity index (χ2n) is 14.1. The third-order valence-corrected chi connectivity index (χ3v) is 15.3. The van der Waals surface area contributed by atoms with Gasteiger partial charge in [0.25, 0.3) is 11.8 Å². The van der Waals surface area contributed by atoms with Gasteiger partial charge in [0.15, 0.2) is 14.0 Å². The number of carbonyl (C=O) groups is 2. The SMILES string of the molecule is Cc1c(C(=O)Nc2cccc(S(C)(=O)=NC(=O)CO[Si](C)(C)C(C)(C)C)c2)c(N2CCCC(F)(F)CC2)nc(C(F)(F)F)c1-c1cnn(C)c1. The fourth-order valence-electron chi connectivity index (χ4n) is 5.31. The van der Waals surface area contributed by atoms with Crippen LogP contribution in [-0.2, 0) is 32.2 Å². The minimum absolute atomic E-state index is 0.0312. The van der Waals surface area contributed by atoms with Crippen molar-refractivity contribution in [2.24, 2.45) is 11.4 Å². The molecule has 17 heteroatoms. The van der Waals surface area contributed by atoms with Crippen molar-refractivity contribution < 1.29 is 40.2 Å². The minimum atomic E-state index is -4.96. The number of nitrogens with one attached hydrogen (secondary N) is 1. The van der Waals surface area contributed by atoms with Crippen molar-refractivity contribution in [3.05, 3.63) is 53.5 Å². The maximum Gasteiger partial charge on any atom is 0.434 e. The fraction of sp³-hybridized carbons (Fsp3) is 0.515. The normalized spacial score (nSPS) is 16.8. The number of hydrogen-bond donors (Lipinski definition) is 1. The number of aryl methyl sites for hydroxylation is 1. The second-order valence-corrected chi connectivity index (χ2v) is 21.1. The summed E-state index contributed by atoms with van der Waals surface area (Å²) in [6.45, 7) is 10.6. The zero-order valence-corrected chi connectivity index (χ0v) is 31.2. The topological polar surface area (TPSA) is 119 Å². The maximum absolute atomic E-state index is 14.6. The first-order valence-corrected chi connectivity index (χ1v) is 20.8. The maximum atomic E-state index is 14.6. The van der Waals surface area contributed by atoms with Crippen LogP contribution in [0.25, 0.3) is 11.1 Å². The van der Waals surface area contributed by atoms with Gasteiger partial charge in [-0.15, -0.1) is 0 Å². The Bertz CT molecular complexity index is 1900. The molecule has 0 spiro atoms. The molecule has 1 N–H and O–H groups in total. The molecule has 1 unspecified atom stereocenters. The number of anilines is 2. The van der Waals surface area contributed by atoms with E-state index in [4.69, 9.17) is 4.43 Å². The van der Waals surface area contributed by atoms with Crippen LogP contribution in [0.15, 0.2) is 45.9 Å². The Hall–Kier alpha value is -3.70. The van der Waals surface area contributed by atoms with Crippen LogP contribution in [0.1, 0.15) is 61.6 Å². The first-order valence-electron chi connectivity index (χ1n) is 16.0. The second kappa shape index (κ2) is 14.1. The van der Waals surface area contributed by atoms with Gasteiger partial charge in [-0.3, -0.25) is 14.3 Å². The number of nitrogens with zero attached hydrogens (tertiary/aromatic N) is 5. The lowest BCUT2D eigenvalue weighted by Crippen LogP contribution is -2.42. The standard InChI is InChI=1S/C33H43F5N6O4SSi/c1-21-26(22-18-39-43(5)19-22)28(33(36,37)38)41-29(44-15-10-13-32(34,35)14-16-44)27(21)30(46)40-23-11-9-12-24(17-23)49(6,47)42-25(45)20-48-50(7,8)31(2,3)4/h9,11-12,17-19H,10,13-16,20H2,1-8H3,(H,40,46). The van der Waals surface area contributed by atoms with Crippen LogP contribution < -0.4 is 10.2 Å². The van der Waals surface area contributed by atoms with Gasteiger partial charge in [0.1, 0.15) is 12.4 Å². The van der Waals surface area contributed by atoms with Gasteiger partial charge in [0.2, 0.25) is 5.92 Å². The van der Waals surface area contributed by atoms with Crippen LogP contribution in [0.4, 0.5) is 33.5 Å². The third-order valence-electron chi connectivity index (χ3n) is 9.10. The highest BCUT2D eigenvalue weighted by atomic mass is 32.2. The Morgan fingerprint density at radius 2 is 1.82 bits per heavy atom. The molecule has 0 saturated carbocycles. The monoisotopic (exact) mass is 742 g/mol. The van der Waals surface area contributed by atoms with Crippen molar-refractivity contribution in [2.75, 3.05) is 36.2 Å². The summed E-state index contributed by atoms with van der Waals surface area (Å²) in [6.07, 6.45) is -2.22. The molecule has 3 aromatic rings. The predicted octanol–water partition coefficient (Wildman–Crippen LogP) is 7.69. The van der Waals surface area contributed by atoms with Crippen molar-refractivity contribution in [3.8, 4) is 11.1 Å². The molecule has 10 nitrogen and oxygen atoms in total. The van der Waals surface area contributed by atoms with Gasteiger partial charge in [-0.2, -0.15) is 22.6 Å². The summed E-state index contributed by atoms with van der Waals surface area (Å²) in [5, 5.41) is 6.48. The summed E-state index contributed by atoms with van der Waals surface area (Å²) in [5.74, 6) is -4.98. The van der Waals surface area contributed by atoms with E-state index in [0.29, 0.717) is 0 Å². The molecule has 0 aliphatic carbocycles. The Morgan fingerprint density at radius 3 is 2.42 bits per heavy atom. The number of alkyl halides is 5. The molecule has 1 aliphatic rings. The lowest BCUT2D eigenvalue weighted by molar-refractivity contribution is -0.140. The van der Waals surface area contributed by atoms with Crippen molar-refractivity contribution in [3.63, 3.8) is 0 Å². The van der Waals surface area contributed by atoms with Crippen LogP contribution in [0.5, 0.6) is 0 Å². The molecule has 2 aromatic heterocycles. The molecule has 4 rings (SSSR count). The molecular formula is C33H43F5N6O4SSi. The van der Waals surface area contributed by atoms with Crippen molar-refractivity contribution in [1.82, 2.24) is 14.8 Å². The first-order chi connectivity index (χ1) is 22.9. The van der Waals surface area contributed by atoms with Gasteiger partial charge >= 0.3 is 6.18 Å². The number of benzene rings is 1. The van der Waals surface area contributed by atoms with Gasteiger partial charge in [-0.25, -0.2) is 18.0 Å². The first kappa shape index (κ1) is 39.1. The largest absolute Gasteiger partial charge is 0.434 e. The van der Waals surface area contributed by atoms with Gasteiger partial charge < -0.3 is 14.6 Å². The summed E-state index contributed by atoms with van der Waals surface area (Å²) in [7, 11) is -4.07. The zero-order chi connectivity index (χ0) is 37.4. The minimum Gasteiger partial charge on any atom is -0.407 e. The number of rotatable bonds is 8. The van der Waals surface area contributed by atoms with E-state index < -0.39 is 60.5 Å². The molecular weight excluding hydrogens is 700 g/mol. The Kier molecular flexibility index (Phi) is 11.1. The molecule has 274 valence electrons. The number of pyridine rings is 1. The summed E-state index contributed by atoms with van der Waals surface area (Å²) >= 11 is 0. The molecule has 50 heavy (non-hydrogen) atoms. The van der Waals surface area contributed by atoms with E-state index in [1.54, 1.807) is 0 Å². The van der Waals surface area contributed by atoms with Gasteiger partial charge in [0, 0.05) is 67.1 Å². The van der Waals surface area contributed by atoms with Gasteiger partial charge in [0.05, 0.1) is 21.5 Å². The van der Waals surface area contributed by atoms with Gasteiger partial charge in [-0.1, -0.05) is 26.8 Å². The molecule has 1 aliphatic heterocycles. The number of hydrogen-bond acceptors (Lipinski definition) is 7.